The zero-order valence-corrected chi connectivity index (χ0v) is 23.0. The van der Waals surface area contributed by atoms with E-state index >= 15 is 0 Å². The molecule has 10 heteroatoms. The molecule has 2 aliphatic carbocycles. The molecule has 0 aromatic heterocycles. The Morgan fingerprint density at radius 3 is 1.04 bits per heavy atom. The van der Waals surface area contributed by atoms with Crippen molar-refractivity contribution >= 4 is 22.3 Å². The van der Waals surface area contributed by atoms with Crippen LogP contribution in [0.2, 0.25) is 0 Å². The van der Waals surface area contributed by atoms with E-state index < -0.39 is 34.4 Å². The van der Waals surface area contributed by atoms with Gasteiger partial charge in [0.15, 0.2) is 0 Å². The molecule has 0 atom stereocenters. The number of nitrogens with zero attached hydrogens (tertiary/aromatic N) is 6. The maximum atomic E-state index is 14.9. The number of benzene rings is 4. The van der Waals surface area contributed by atoms with E-state index in [1.807, 2.05) is 24.3 Å². The van der Waals surface area contributed by atoms with Gasteiger partial charge in [-0.3, -0.25) is 0 Å². The minimum atomic E-state index is -1.14. The summed E-state index contributed by atoms with van der Waals surface area (Å²) in [5.74, 6) is -4.55. The lowest BCUT2D eigenvalue weighted by Gasteiger charge is -2.18. The number of fused-ring (bicyclic) bond motifs is 4. The molecule has 0 amide bonds. The van der Waals surface area contributed by atoms with Crippen LogP contribution in [-0.2, 0) is 0 Å². The fourth-order valence-corrected chi connectivity index (χ4v) is 6.02. The third-order valence-corrected chi connectivity index (χ3v) is 7.79. The highest BCUT2D eigenvalue weighted by Gasteiger charge is 2.42. The number of hydrogen-bond acceptors (Lipinski definition) is 6. The molecular formula is C36H10F4N6. The van der Waals surface area contributed by atoms with Gasteiger partial charge in [-0.25, -0.2) is 17.6 Å². The molecule has 0 unspecified atom stereocenters. The molecule has 4 aromatic carbocycles. The fraction of sp³-hybridized carbons (Fsp3) is 0. The van der Waals surface area contributed by atoms with Gasteiger partial charge in [-0.2, -0.15) is 31.6 Å². The molecule has 0 saturated carbocycles. The summed E-state index contributed by atoms with van der Waals surface area (Å²) in [7, 11) is 0. The first-order chi connectivity index (χ1) is 22.2. The van der Waals surface area contributed by atoms with E-state index in [4.69, 9.17) is 0 Å². The van der Waals surface area contributed by atoms with Crippen LogP contribution in [0.3, 0.4) is 0 Å². The minimum absolute atomic E-state index is 0.0170. The van der Waals surface area contributed by atoms with Crippen molar-refractivity contribution in [3.05, 3.63) is 128 Å². The van der Waals surface area contributed by atoms with E-state index in [9.17, 15) is 49.1 Å². The SMILES string of the molecule is N#CC(C#N)=C1C2=C(C(=C(C#N)C#N)c3cccc(-c4cc(F)c(C#N)c(F)c4)c32)c2c1cccc2-c1cc(F)c(C#N)c(F)c1. The Labute approximate surface area is 258 Å². The van der Waals surface area contributed by atoms with Crippen LogP contribution in [-0.4, -0.2) is 0 Å². The lowest BCUT2D eigenvalue weighted by atomic mass is 9.84. The first-order valence-electron chi connectivity index (χ1n) is 13.1. The highest BCUT2D eigenvalue weighted by Crippen LogP contribution is 2.62. The van der Waals surface area contributed by atoms with Gasteiger partial charge in [0, 0.05) is 22.3 Å². The van der Waals surface area contributed by atoms with Gasteiger partial charge < -0.3 is 0 Å². The van der Waals surface area contributed by atoms with Gasteiger partial charge >= 0.3 is 0 Å². The molecule has 0 spiro atoms. The van der Waals surface area contributed by atoms with E-state index in [-0.39, 0.29) is 77.9 Å². The van der Waals surface area contributed by atoms with E-state index in [2.05, 4.69) is 0 Å². The smallest absolute Gasteiger partial charge is 0.144 e. The number of halogens is 4. The van der Waals surface area contributed by atoms with Crippen LogP contribution in [0.1, 0.15) is 33.4 Å². The summed E-state index contributed by atoms with van der Waals surface area (Å²) in [5.41, 5.74) is -0.522. The van der Waals surface area contributed by atoms with E-state index in [1.54, 1.807) is 12.1 Å². The van der Waals surface area contributed by atoms with Crippen molar-refractivity contribution in [2.24, 2.45) is 0 Å². The average Bonchev–Trinajstić information content (AvgIpc) is 3.55. The van der Waals surface area contributed by atoms with Crippen LogP contribution in [0.5, 0.6) is 0 Å². The summed E-state index contributed by atoms with van der Waals surface area (Å²) >= 11 is 0. The number of nitriles is 6. The molecule has 0 heterocycles. The second kappa shape index (κ2) is 10.8. The van der Waals surface area contributed by atoms with Gasteiger partial charge in [-0.1, -0.05) is 36.4 Å². The topological polar surface area (TPSA) is 143 Å². The first-order valence-corrected chi connectivity index (χ1v) is 13.1. The van der Waals surface area contributed by atoms with Gasteiger partial charge in [0.2, 0.25) is 0 Å². The molecule has 0 bridgehead atoms. The van der Waals surface area contributed by atoms with Crippen LogP contribution < -0.4 is 0 Å². The normalized spacial score (nSPS) is 12.0. The summed E-state index contributed by atoms with van der Waals surface area (Å²) in [6.07, 6.45) is 0. The second-order valence-corrected chi connectivity index (χ2v) is 10.0. The summed E-state index contributed by atoms with van der Waals surface area (Å²) < 4.78 is 59.5. The summed E-state index contributed by atoms with van der Waals surface area (Å²) in [4.78, 5) is 0. The number of allylic oxidation sites excluding steroid dienone is 6. The standard InChI is InChI=1S/C36H10F4N6/c37-27-7-17(8-28(38)25(27)15-45)21-3-1-5-23-31(19(11-41)12-42)35-34-22(18-9-29(39)26(16-46)30(40)10-18)4-2-6-24(34)32(20(13-43)14-44)36(35)33(21)23/h1-10H. The predicted molar refractivity (Wildman–Crippen MR) is 156 cm³/mol. The fourth-order valence-electron chi connectivity index (χ4n) is 6.02. The molecule has 2 aliphatic rings. The molecular weight excluding hydrogens is 592 g/mol. The second-order valence-electron chi connectivity index (χ2n) is 10.0. The first kappa shape index (κ1) is 28.9. The predicted octanol–water partition coefficient (Wildman–Crippen LogP) is 7.86. The molecule has 0 fully saturated rings. The van der Waals surface area contributed by atoms with Crippen molar-refractivity contribution < 1.29 is 17.6 Å². The van der Waals surface area contributed by atoms with Crippen molar-refractivity contribution in [1.29, 1.82) is 31.6 Å². The van der Waals surface area contributed by atoms with E-state index in [0.29, 0.717) is 0 Å². The van der Waals surface area contributed by atoms with Crippen molar-refractivity contribution in [3.63, 3.8) is 0 Å². The molecule has 4 aromatic rings. The Balaban J connectivity index is 1.82. The minimum Gasteiger partial charge on any atom is -0.205 e. The van der Waals surface area contributed by atoms with Crippen molar-refractivity contribution in [1.82, 2.24) is 0 Å². The lowest BCUT2D eigenvalue weighted by molar-refractivity contribution is 0.577. The molecule has 0 saturated heterocycles. The molecule has 6 rings (SSSR count). The Morgan fingerprint density at radius 2 is 0.761 bits per heavy atom. The zero-order chi connectivity index (χ0) is 32.9. The summed E-state index contributed by atoms with van der Waals surface area (Å²) in [6, 6.07) is 23.3. The van der Waals surface area contributed by atoms with Gasteiger partial charge in [-0.05, 0) is 68.8 Å². The Bertz CT molecular complexity index is 2230. The van der Waals surface area contributed by atoms with Gasteiger partial charge in [-0.15, -0.1) is 0 Å². The van der Waals surface area contributed by atoms with Crippen LogP contribution in [0, 0.1) is 91.3 Å². The van der Waals surface area contributed by atoms with Gasteiger partial charge in [0.05, 0.1) is 0 Å². The number of hydrogen-bond donors (Lipinski definition) is 0. The molecule has 0 aliphatic heterocycles. The van der Waals surface area contributed by atoms with Crippen LogP contribution in [0.4, 0.5) is 17.6 Å². The Kier molecular flexibility index (Phi) is 6.77. The van der Waals surface area contributed by atoms with Crippen LogP contribution in [0.15, 0.2) is 71.8 Å². The summed E-state index contributed by atoms with van der Waals surface area (Å²) in [5, 5.41) is 58.6. The number of rotatable bonds is 2. The van der Waals surface area contributed by atoms with Crippen LogP contribution >= 0.6 is 0 Å². The quantitative estimate of drug-likeness (QED) is 0.169. The third-order valence-electron chi connectivity index (χ3n) is 7.79. The molecule has 0 radical (unpaired) electrons. The van der Waals surface area contributed by atoms with Crippen LogP contribution in [0.25, 0.3) is 44.5 Å². The van der Waals surface area contributed by atoms with Crippen molar-refractivity contribution in [2.75, 3.05) is 0 Å². The lowest BCUT2D eigenvalue weighted by Crippen LogP contribution is -2.00. The van der Waals surface area contributed by atoms with Crippen molar-refractivity contribution in [2.45, 2.75) is 0 Å². The zero-order valence-electron chi connectivity index (χ0n) is 23.0. The maximum Gasteiger partial charge on any atom is 0.144 e. The van der Waals surface area contributed by atoms with Gasteiger partial charge in [0.1, 0.15) is 82.0 Å². The summed E-state index contributed by atoms with van der Waals surface area (Å²) in [6.45, 7) is 0. The molecule has 212 valence electrons. The highest BCUT2D eigenvalue weighted by atomic mass is 19.1. The Hall–Kier alpha value is -7.24. The molecule has 46 heavy (non-hydrogen) atoms. The monoisotopic (exact) mass is 602 g/mol. The van der Waals surface area contributed by atoms with E-state index in [0.717, 1.165) is 24.3 Å². The van der Waals surface area contributed by atoms with Crippen molar-refractivity contribution in [3.8, 4) is 58.7 Å². The maximum absolute atomic E-state index is 14.9. The molecule has 0 N–H and O–H groups in total. The third kappa shape index (κ3) is 3.97. The molecule has 6 nitrogen and oxygen atoms in total. The highest BCUT2D eigenvalue weighted by molar-refractivity contribution is 6.39. The largest absolute Gasteiger partial charge is 0.205 e. The van der Waals surface area contributed by atoms with Gasteiger partial charge in [0.25, 0.3) is 0 Å². The average molecular weight is 603 g/mol. The Morgan fingerprint density at radius 1 is 0.457 bits per heavy atom. The van der Waals surface area contributed by atoms with E-state index in [1.165, 1.54) is 36.4 Å².